The third-order valence-corrected chi connectivity index (χ3v) is 4.00. The zero-order valence-electron chi connectivity index (χ0n) is 6.89. The number of hydrogen-bond donors (Lipinski definition) is 0. The molecule has 0 unspecified atom stereocenters. The molecule has 0 N–H and O–H groups in total. The summed E-state index contributed by atoms with van der Waals surface area (Å²) in [6.45, 7) is 0. The molecule has 4 aliphatic carbocycles. The molecule has 0 aliphatic heterocycles. The molecular formula is C10H16Ir. The molecule has 0 amide bonds. The Balaban J connectivity index is 0.000000480. The summed E-state index contributed by atoms with van der Waals surface area (Å²) in [4.78, 5) is 0. The smallest absolute Gasteiger partial charge is 0 e. The van der Waals surface area contributed by atoms with E-state index in [4.69, 9.17) is 0 Å². The van der Waals surface area contributed by atoms with Crippen molar-refractivity contribution < 1.29 is 20.1 Å². The van der Waals surface area contributed by atoms with Crippen molar-refractivity contribution in [3.05, 3.63) is 0 Å². The van der Waals surface area contributed by atoms with Crippen molar-refractivity contribution in [2.75, 3.05) is 0 Å². The maximum Gasteiger partial charge on any atom is 0 e. The third-order valence-electron chi connectivity index (χ3n) is 4.00. The largest absolute Gasteiger partial charge is 0.0475 e. The van der Waals surface area contributed by atoms with Crippen LogP contribution in [0.15, 0.2) is 0 Å². The molecule has 0 aromatic carbocycles. The predicted octanol–water partition coefficient (Wildman–Crippen LogP) is 2.83. The maximum absolute atomic E-state index is 1.60. The van der Waals surface area contributed by atoms with Crippen LogP contribution in [-0.4, -0.2) is 0 Å². The molecule has 0 spiro atoms. The van der Waals surface area contributed by atoms with E-state index in [1.54, 1.807) is 38.5 Å². The summed E-state index contributed by atoms with van der Waals surface area (Å²) in [5, 5.41) is 0. The summed E-state index contributed by atoms with van der Waals surface area (Å²) in [6, 6.07) is 0. The minimum Gasteiger partial charge on any atom is -0.0475 e. The normalized spacial score (nSPS) is 52.4. The van der Waals surface area contributed by atoms with E-state index < -0.39 is 0 Å². The van der Waals surface area contributed by atoms with Gasteiger partial charge in [0, 0.05) is 20.1 Å². The Bertz CT molecular complexity index is 96.4. The fourth-order valence-corrected chi connectivity index (χ4v) is 3.98. The first kappa shape index (κ1) is 8.26. The topological polar surface area (TPSA) is 0 Å². The van der Waals surface area contributed by atoms with Gasteiger partial charge in [0.05, 0.1) is 0 Å². The maximum atomic E-state index is 1.60. The summed E-state index contributed by atoms with van der Waals surface area (Å²) in [7, 11) is 0. The van der Waals surface area contributed by atoms with Gasteiger partial charge in [-0.3, -0.25) is 0 Å². The van der Waals surface area contributed by atoms with Crippen LogP contribution in [0.25, 0.3) is 0 Å². The van der Waals surface area contributed by atoms with Crippen molar-refractivity contribution in [1.29, 1.82) is 0 Å². The molecule has 0 nitrogen and oxygen atoms in total. The summed E-state index contributed by atoms with van der Waals surface area (Å²) < 4.78 is 0. The summed E-state index contributed by atoms with van der Waals surface area (Å²) in [5.41, 5.74) is 0. The van der Waals surface area contributed by atoms with Crippen molar-refractivity contribution in [1.82, 2.24) is 0 Å². The van der Waals surface area contributed by atoms with Gasteiger partial charge in [0.15, 0.2) is 0 Å². The van der Waals surface area contributed by atoms with E-state index >= 15 is 0 Å². The van der Waals surface area contributed by atoms with E-state index in [1.807, 2.05) is 0 Å². The Morgan fingerprint density at radius 1 is 0.455 bits per heavy atom. The molecule has 4 fully saturated rings. The van der Waals surface area contributed by atoms with Crippen LogP contribution in [0.2, 0.25) is 0 Å². The Morgan fingerprint density at radius 3 is 0.818 bits per heavy atom. The van der Waals surface area contributed by atoms with Crippen LogP contribution in [0.4, 0.5) is 0 Å². The Morgan fingerprint density at radius 2 is 0.636 bits per heavy atom. The standard InChI is InChI=1S/C10H16.Ir/c1-7-2-9-4-8(1)5-10(3-7)6-9;/h7-10H,1-6H2;. The molecule has 4 rings (SSSR count). The molecule has 0 aromatic heterocycles. The van der Waals surface area contributed by atoms with E-state index in [1.165, 1.54) is 23.7 Å². The van der Waals surface area contributed by atoms with Crippen LogP contribution < -0.4 is 0 Å². The SMILES string of the molecule is C1C2CC3CC1CC(C2)C3.[Ir]. The third kappa shape index (κ3) is 1.31. The molecule has 4 saturated carbocycles. The molecule has 65 valence electrons. The second kappa shape index (κ2) is 2.85. The Kier molecular flexibility index (Phi) is 2.14. The van der Waals surface area contributed by atoms with Gasteiger partial charge in [0.1, 0.15) is 0 Å². The van der Waals surface area contributed by atoms with Crippen LogP contribution >= 0.6 is 0 Å². The van der Waals surface area contributed by atoms with E-state index in [0.29, 0.717) is 0 Å². The van der Waals surface area contributed by atoms with E-state index in [0.717, 1.165) is 0 Å². The first-order chi connectivity index (χ1) is 4.90. The number of hydrogen-bond acceptors (Lipinski definition) is 0. The molecule has 4 aliphatic rings. The second-order valence-electron chi connectivity index (χ2n) is 4.88. The minimum atomic E-state index is 0. The van der Waals surface area contributed by atoms with Crippen LogP contribution in [0, 0.1) is 23.7 Å². The minimum absolute atomic E-state index is 0. The zero-order valence-corrected chi connectivity index (χ0v) is 9.28. The van der Waals surface area contributed by atoms with E-state index in [2.05, 4.69) is 0 Å². The van der Waals surface area contributed by atoms with Gasteiger partial charge in [-0.2, -0.15) is 0 Å². The van der Waals surface area contributed by atoms with Crippen molar-refractivity contribution in [2.24, 2.45) is 23.7 Å². The molecule has 0 atom stereocenters. The summed E-state index contributed by atoms with van der Waals surface area (Å²) in [6.07, 6.45) is 9.62. The van der Waals surface area contributed by atoms with E-state index in [9.17, 15) is 0 Å². The molecular weight excluding hydrogens is 312 g/mol. The van der Waals surface area contributed by atoms with Crippen molar-refractivity contribution >= 4 is 0 Å². The van der Waals surface area contributed by atoms with Crippen LogP contribution in [0.5, 0.6) is 0 Å². The van der Waals surface area contributed by atoms with Crippen LogP contribution in [-0.2, 0) is 20.1 Å². The monoisotopic (exact) mass is 329 g/mol. The molecule has 0 heterocycles. The van der Waals surface area contributed by atoms with Gasteiger partial charge in [0.25, 0.3) is 0 Å². The predicted molar refractivity (Wildman–Crippen MR) is 41.7 cm³/mol. The molecule has 1 heteroatoms. The van der Waals surface area contributed by atoms with Gasteiger partial charge in [-0.15, -0.1) is 0 Å². The van der Waals surface area contributed by atoms with Crippen molar-refractivity contribution in [3.63, 3.8) is 0 Å². The van der Waals surface area contributed by atoms with Gasteiger partial charge in [-0.1, -0.05) is 0 Å². The number of rotatable bonds is 0. The molecule has 4 bridgehead atoms. The van der Waals surface area contributed by atoms with Gasteiger partial charge >= 0.3 is 0 Å². The molecule has 1 radical (unpaired) electrons. The second-order valence-corrected chi connectivity index (χ2v) is 4.88. The molecule has 11 heavy (non-hydrogen) atoms. The van der Waals surface area contributed by atoms with Crippen LogP contribution in [0.3, 0.4) is 0 Å². The molecule has 0 saturated heterocycles. The Hall–Kier alpha value is 0.649. The fourth-order valence-electron chi connectivity index (χ4n) is 3.98. The van der Waals surface area contributed by atoms with Crippen LogP contribution in [0.1, 0.15) is 38.5 Å². The summed E-state index contributed by atoms with van der Waals surface area (Å²) in [5.74, 6) is 4.71. The zero-order chi connectivity index (χ0) is 6.55. The molecule has 0 aromatic rings. The van der Waals surface area contributed by atoms with Crippen molar-refractivity contribution in [2.45, 2.75) is 38.5 Å². The van der Waals surface area contributed by atoms with Gasteiger partial charge < -0.3 is 0 Å². The van der Waals surface area contributed by atoms with E-state index in [-0.39, 0.29) is 20.1 Å². The van der Waals surface area contributed by atoms with Crippen molar-refractivity contribution in [3.8, 4) is 0 Å². The first-order valence-electron chi connectivity index (χ1n) is 4.90. The first-order valence-corrected chi connectivity index (χ1v) is 4.90. The average Bonchev–Trinajstić information content (AvgIpc) is 1.82. The summed E-state index contributed by atoms with van der Waals surface area (Å²) >= 11 is 0. The average molecular weight is 328 g/mol. The van der Waals surface area contributed by atoms with Gasteiger partial charge in [-0.25, -0.2) is 0 Å². The van der Waals surface area contributed by atoms with Gasteiger partial charge in [0.2, 0.25) is 0 Å². The Labute approximate surface area is 82.5 Å². The fraction of sp³-hybridized carbons (Fsp3) is 1.00. The quantitative estimate of drug-likeness (QED) is 0.641. The van der Waals surface area contributed by atoms with Gasteiger partial charge in [-0.05, 0) is 62.2 Å².